The SMILES string of the molecule is C1=C[C@H]2C[C@H]1C[C@@H]2C[NH2+]Cc1ccccc1. The number of hydrogen-bond donors (Lipinski definition) is 1. The summed E-state index contributed by atoms with van der Waals surface area (Å²) in [5, 5.41) is 2.48. The van der Waals surface area contributed by atoms with E-state index in [0.29, 0.717) is 0 Å². The normalized spacial score (nSPS) is 31.1. The van der Waals surface area contributed by atoms with E-state index in [9.17, 15) is 0 Å². The second-order valence-electron chi connectivity index (χ2n) is 5.25. The summed E-state index contributed by atoms with van der Waals surface area (Å²) >= 11 is 0. The molecule has 2 aliphatic carbocycles. The lowest BCUT2D eigenvalue weighted by atomic mass is 9.93. The highest BCUT2D eigenvalue weighted by Crippen LogP contribution is 2.42. The van der Waals surface area contributed by atoms with Crippen LogP contribution in [0.2, 0.25) is 0 Å². The Morgan fingerprint density at radius 1 is 1.06 bits per heavy atom. The summed E-state index contributed by atoms with van der Waals surface area (Å²) in [5.41, 5.74) is 1.45. The van der Waals surface area contributed by atoms with E-state index in [1.54, 1.807) is 0 Å². The number of allylic oxidation sites excluding steroid dienone is 2. The van der Waals surface area contributed by atoms with Crippen molar-refractivity contribution in [2.45, 2.75) is 19.4 Å². The van der Waals surface area contributed by atoms with Crippen LogP contribution in [0.25, 0.3) is 0 Å². The molecule has 0 unspecified atom stereocenters. The maximum Gasteiger partial charge on any atom is 0.101 e. The molecule has 1 aromatic carbocycles. The highest BCUT2D eigenvalue weighted by Gasteiger charge is 2.36. The molecule has 1 heteroatoms. The molecular weight excluding hydrogens is 194 g/mol. The van der Waals surface area contributed by atoms with Gasteiger partial charge >= 0.3 is 0 Å². The lowest BCUT2D eigenvalue weighted by Crippen LogP contribution is -2.84. The van der Waals surface area contributed by atoms with Gasteiger partial charge in [0.1, 0.15) is 6.54 Å². The second-order valence-corrected chi connectivity index (χ2v) is 5.25. The molecule has 3 rings (SSSR count). The van der Waals surface area contributed by atoms with E-state index >= 15 is 0 Å². The van der Waals surface area contributed by atoms with E-state index in [-0.39, 0.29) is 0 Å². The van der Waals surface area contributed by atoms with Crippen LogP contribution in [-0.2, 0) is 6.54 Å². The molecule has 1 nitrogen and oxygen atoms in total. The first kappa shape index (κ1) is 10.1. The molecular formula is C15H20N+. The first-order valence-corrected chi connectivity index (χ1v) is 6.46. The topological polar surface area (TPSA) is 16.6 Å². The molecule has 0 heterocycles. The summed E-state index contributed by atoms with van der Waals surface area (Å²) in [6, 6.07) is 10.8. The largest absolute Gasteiger partial charge is 0.342 e. The van der Waals surface area contributed by atoms with Crippen LogP contribution in [0.4, 0.5) is 0 Å². The fraction of sp³-hybridized carbons (Fsp3) is 0.467. The van der Waals surface area contributed by atoms with Crippen LogP contribution >= 0.6 is 0 Å². The second kappa shape index (κ2) is 4.42. The lowest BCUT2D eigenvalue weighted by Gasteiger charge is -2.16. The van der Waals surface area contributed by atoms with E-state index in [2.05, 4.69) is 47.8 Å². The third kappa shape index (κ3) is 2.05. The molecule has 0 aromatic heterocycles. The van der Waals surface area contributed by atoms with Gasteiger partial charge in [0.05, 0.1) is 6.54 Å². The standard InChI is InChI=1S/C15H19N/c1-2-4-12(5-3-1)10-16-11-15-9-13-6-7-14(15)8-13/h1-7,13-16H,8-11H2/p+1/t13-,14-,15+/m0/s1. The lowest BCUT2D eigenvalue weighted by molar-refractivity contribution is -0.676. The molecule has 16 heavy (non-hydrogen) atoms. The Bertz CT molecular complexity index is 368. The van der Waals surface area contributed by atoms with Crippen molar-refractivity contribution in [3.63, 3.8) is 0 Å². The Hall–Kier alpha value is -1.08. The van der Waals surface area contributed by atoms with Gasteiger partial charge < -0.3 is 5.32 Å². The fourth-order valence-corrected chi connectivity index (χ4v) is 3.24. The number of hydrogen-bond acceptors (Lipinski definition) is 0. The predicted octanol–water partition coefficient (Wildman–Crippen LogP) is 1.96. The quantitative estimate of drug-likeness (QED) is 0.738. The van der Waals surface area contributed by atoms with Gasteiger partial charge in [-0.1, -0.05) is 42.5 Å². The van der Waals surface area contributed by atoms with Gasteiger partial charge in [0.2, 0.25) is 0 Å². The van der Waals surface area contributed by atoms with Gasteiger partial charge in [-0.15, -0.1) is 0 Å². The number of benzene rings is 1. The minimum atomic E-state index is 0.900. The van der Waals surface area contributed by atoms with Crippen molar-refractivity contribution < 1.29 is 5.32 Å². The Morgan fingerprint density at radius 2 is 1.94 bits per heavy atom. The summed E-state index contributed by atoms with van der Waals surface area (Å²) in [7, 11) is 0. The van der Waals surface area contributed by atoms with E-state index in [4.69, 9.17) is 0 Å². The van der Waals surface area contributed by atoms with Gasteiger partial charge in [-0.25, -0.2) is 0 Å². The fourth-order valence-electron chi connectivity index (χ4n) is 3.24. The Balaban J connectivity index is 1.46. The van der Waals surface area contributed by atoms with E-state index < -0.39 is 0 Å². The van der Waals surface area contributed by atoms with Crippen molar-refractivity contribution in [3.05, 3.63) is 48.0 Å². The summed E-state index contributed by atoms with van der Waals surface area (Å²) in [5.74, 6) is 2.76. The highest BCUT2D eigenvalue weighted by molar-refractivity contribution is 5.13. The Morgan fingerprint density at radius 3 is 2.62 bits per heavy atom. The third-order valence-electron chi connectivity index (χ3n) is 4.11. The van der Waals surface area contributed by atoms with E-state index in [1.807, 2.05) is 0 Å². The van der Waals surface area contributed by atoms with Gasteiger partial charge in [0, 0.05) is 11.5 Å². The summed E-state index contributed by atoms with van der Waals surface area (Å²) in [6.45, 7) is 2.44. The van der Waals surface area contributed by atoms with Gasteiger partial charge in [-0.2, -0.15) is 0 Å². The average molecular weight is 214 g/mol. The zero-order valence-electron chi connectivity index (χ0n) is 9.68. The van der Waals surface area contributed by atoms with Crippen LogP contribution in [0.5, 0.6) is 0 Å². The van der Waals surface area contributed by atoms with Crippen LogP contribution in [0.1, 0.15) is 18.4 Å². The molecule has 1 saturated carbocycles. The zero-order valence-corrected chi connectivity index (χ0v) is 9.68. The molecule has 0 saturated heterocycles. The van der Waals surface area contributed by atoms with Crippen LogP contribution in [0.3, 0.4) is 0 Å². The number of fused-ring (bicyclic) bond motifs is 2. The minimum absolute atomic E-state index is 0.900. The molecule has 84 valence electrons. The number of nitrogens with two attached hydrogens (primary N) is 1. The maximum absolute atomic E-state index is 2.48. The van der Waals surface area contributed by atoms with Crippen molar-refractivity contribution in [2.24, 2.45) is 17.8 Å². The van der Waals surface area contributed by atoms with Crippen molar-refractivity contribution >= 4 is 0 Å². The number of rotatable bonds is 4. The monoisotopic (exact) mass is 214 g/mol. The number of quaternary nitrogens is 1. The van der Waals surface area contributed by atoms with E-state index in [1.165, 1.54) is 24.9 Å². The molecule has 0 radical (unpaired) electrons. The summed E-state index contributed by atoms with van der Waals surface area (Å²) in [6.07, 6.45) is 7.75. The van der Waals surface area contributed by atoms with Crippen molar-refractivity contribution in [1.82, 2.24) is 0 Å². The van der Waals surface area contributed by atoms with Crippen LogP contribution in [-0.4, -0.2) is 6.54 Å². The van der Waals surface area contributed by atoms with Crippen molar-refractivity contribution in [1.29, 1.82) is 0 Å². The van der Waals surface area contributed by atoms with Crippen LogP contribution in [0, 0.1) is 17.8 Å². The molecule has 1 aromatic rings. The van der Waals surface area contributed by atoms with Gasteiger partial charge in [-0.05, 0) is 24.7 Å². The zero-order chi connectivity index (χ0) is 10.8. The molecule has 2 bridgehead atoms. The molecule has 0 aliphatic heterocycles. The molecule has 0 amide bonds. The van der Waals surface area contributed by atoms with Gasteiger partial charge in [0.15, 0.2) is 0 Å². The molecule has 0 spiro atoms. The maximum atomic E-state index is 2.48. The first-order valence-electron chi connectivity index (χ1n) is 6.46. The average Bonchev–Trinajstić information content (AvgIpc) is 2.92. The van der Waals surface area contributed by atoms with Gasteiger partial charge in [0.25, 0.3) is 0 Å². The van der Waals surface area contributed by atoms with Crippen molar-refractivity contribution in [3.8, 4) is 0 Å². The predicted molar refractivity (Wildman–Crippen MR) is 65.8 cm³/mol. The molecule has 2 aliphatic rings. The Labute approximate surface area is 97.6 Å². The Kier molecular flexibility index (Phi) is 2.79. The highest BCUT2D eigenvalue weighted by atomic mass is 14.9. The first-order chi connectivity index (χ1) is 7.92. The van der Waals surface area contributed by atoms with E-state index in [0.717, 1.165) is 24.3 Å². The van der Waals surface area contributed by atoms with Crippen LogP contribution < -0.4 is 5.32 Å². The third-order valence-corrected chi connectivity index (χ3v) is 4.11. The summed E-state index contributed by atoms with van der Waals surface area (Å²) < 4.78 is 0. The smallest absolute Gasteiger partial charge is 0.101 e. The molecule has 2 N–H and O–H groups in total. The van der Waals surface area contributed by atoms with Crippen molar-refractivity contribution in [2.75, 3.05) is 6.54 Å². The molecule has 3 atom stereocenters. The van der Waals surface area contributed by atoms with Gasteiger partial charge in [-0.3, -0.25) is 0 Å². The van der Waals surface area contributed by atoms with Crippen LogP contribution in [0.15, 0.2) is 42.5 Å². The summed E-state index contributed by atoms with van der Waals surface area (Å²) in [4.78, 5) is 0. The molecule has 1 fully saturated rings. The minimum Gasteiger partial charge on any atom is -0.342 e.